The Morgan fingerprint density at radius 3 is 1.33 bits per heavy atom. The van der Waals surface area contributed by atoms with Crippen LogP contribution in [0.15, 0.2) is 144 Å². The minimum atomic E-state index is 1.15. The Kier molecular flexibility index (Phi) is 5.08. The predicted octanol–water partition coefficient (Wildman–Crippen LogP) is 11.5. The zero-order chi connectivity index (χ0) is 25.9. The van der Waals surface area contributed by atoms with Crippen LogP contribution in [-0.2, 0) is 0 Å². The Balaban J connectivity index is 1.50. The van der Waals surface area contributed by atoms with E-state index in [1.165, 1.54) is 76.1 Å². The molecule has 0 fully saturated rings. The SMILES string of the molecule is Brc1c2ccccc2c(-c2ccc(-c3cc4ccccc4c4ccccc34)c3ccccc23)c2ccccc12. The van der Waals surface area contributed by atoms with Crippen LogP contribution < -0.4 is 0 Å². The van der Waals surface area contributed by atoms with Crippen LogP contribution in [-0.4, -0.2) is 0 Å². The number of benzene rings is 8. The van der Waals surface area contributed by atoms with Gasteiger partial charge in [0.2, 0.25) is 0 Å². The quantitative estimate of drug-likeness (QED) is 0.146. The summed E-state index contributed by atoms with van der Waals surface area (Å²) in [5.41, 5.74) is 5.09. The molecule has 8 aromatic rings. The average Bonchev–Trinajstić information content (AvgIpc) is 3.01. The molecule has 39 heavy (non-hydrogen) atoms. The van der Waals surface area contributed by atoms with E-state index in [2.05, 4.69) is 155 Å². The molecule has 0 heterocycles. The lowest BCUT2D eigenvalue weighted by molar-refractivity contribution is 1.67. The largest absolute Gasteiger partial charge is 0.0616 e. The molecule has 0 spiro atoms. The molecule has 1 heteroatoms. The molecule has 0 saturated carbocycles. The molecule has 0 radical (unpaired) electrons. The van der Waals surface area contributed by atoms with Gasteiger partial charge < -0.3 is 0 Å². The highest BCUT2D eigenvalue weighted by Crippen LogP contribution is 2.46. The fraction of sp³-hybridized carbons (Fsp3) is 0. The van der Waals surface area contributed by atoms with Crippen molar-refractivity contribution in [3.05, 3.63) is 144 Å². The number of rotatable bonds is 2. The fourth-order valence-electron chi connectivity index (χ4n) is 6.39. The Labute approximate surface area is 235 Å². The van der Waals surface area contributed by atoms with Crippen molar-refractivity contribution >= 4 is 69.8 Å². The summed E-state index contributed by atoms with van der Waals surface area (Å²) in [4.78, 5) is 0. The molecule has 0 saturated heterocycles. The first-order chi connectivity index (χ1) is 19.3. The molecule has 0 aliphatic carbocycles. The molecule has 0 bridgehead atoms. The van der Waals surface area contributed by atoms with Crippen molar-refractivity contribution in [1.29, 1.82) is 0 Å². The van der Waals surface area contributed by atoms with Gasteiger partial charge in [0.05, 0.1) is 0 Å². The summed E-state index contributed by atoms with van der Waals surface area (Å²) in [6.07, 6.45) is 0. The lowest BCUT2D eigenvalue weighted by Gasteiger charge is -2.18. The van der Waals surface area contributed by atoms with Gasteiger partial charge in [-0.15, -0.1) is 0 Å². The first kappa shape index (κ1) is 22.5. The molecule has 0 atom stereocenters. The summed E-state index contributed by atoms with van der Waals surface area (Å²) >= 11 is 3.92. The summed E-state index contributed by atoms with van der Waals surface area (Å²) in [6.45, 7) is 0. The summed E-state index contributed by atoms with van der Waals surface area (Å²) in [7, 11) is 0. The van der Waals surface area contributed by atoms with Gasteiger partial charge in [0.15, 0.2) is 0 Å². The second-order valence-electron chi connectivity index (χ2n) is 10.2. The van der Waals surface area contributed by atoms with E-state index in [4.69, 9.17) is 0 Å². The third-order valence-electron chi connectivity index (χ3n) is 8.12. The maximum atomic E-state index is 3.92. The maximum Gasteiger partial charge on any atom is 0.0332 e. The van der Waals surface area contributed by atoms with E-state index in [1.54, 1.807) is 0 Å². The highest BCUT2D eigenvalue weighted by atomic mass is 79.9. The summed E-state index contributed by atoms with van der Waals surface area (Å²) in [5, 5.41) is 12.7. The molecule has 0 nitrogen and oxygen atoms in total. The number of halogens is 1. The average molecular weight is 560 g/mol. The van der Waals surface area contributed by atoms with E-state index >= 15 is 0 Å². The van der Waals surface area contributed by atoms with E-state index in [0.717, 1.165) is 4.47 Å². The van der Waals surface area contributed by atoms with Gasteiger partial charge in [-0.3, -0.25) is 0 Å². The van der Waals surface area contributed by atoms with Gasteiger partial charge in [0.25, 0.3) is 0 Å². The van der Waals surface area contributed by atoms with Gasteiger partial charge in [-0.25, -0.2) is 0 Å². The molecule has 0 unspecified atom stereocenters. The Bertz CT molecular complexity index is 2180. The molecule has 8 aromatic carbocycles. The van der Waals surface area contributed by atoms with Crippen molar-refractivity contribution in [3.8, 4) is 22.3 Å². The molecule has 8 rings (SSSR count). The fourth-order valence-corrected chi connectivity index (χ4v) is 7.09. The first-order valence-electron chi connectivity index (χ1n) is 13.3. The van der Waals surface area contributed by atoms with Gasteiger partial charge in [-0.1, -0.05) is 133 Å². The third kappa shape index (κ3) is 3.37. The lowest BCUT2D eigenvalue weighted by Crippen LogP contribution is -1.91. The van der Waals surface area contributed by atoms with E-state index < -0.39 is 0 Å². The van der Waals surface area contributed by atoms with Crippen LogP contribution in [0.2, 0.25) is 0 Å². The summed E-state index contributed by atoms with van der Waals surface area (Å²) in [6, 6.07) is 50.9. The molecule has 0 aliphatic heterocycles. The Morgan fingerprint density at radius 2 is 0.718 bits per heavy atom. The highest BCUT2D eigenvalue weighted by molar-refractivity contribution is 9.10. The standard InChI is InChI=1S/C38H23Br/c39-38-34-19-9-7-17-31(34)37(32-18-8-10-20-35(32)38)33-22-21-30(27-14-4-5-15-28(27)33)36-23-24-11-1-2-12-25(24)26-13-3-6-16-29(26)36/h1-23H. The second kappa shape index (κ2) is 8.80. The monoisotopic (exact) mass is 558 g/mol. The second-order valence-corrected chi connectivity index (χ2v) is 11.0. The molecule has 0 aromatic heterocycles. The van der Waals surface area contributed by atoms with Crippen LogP contribution in [0, 0.1) is 0 Å². The van der Waals surface area contributed by atoms with Crippen molar-refractivity contribution in [2.75, 3.05) is 0 Å². The van der Waals surface area contributed by atoms with Gasteiger partial charge in [0.1, 0.15) is 0 Å². The molecule has 0 amide bonds. The van der Waals surface area contributed by atoms with Crippen LogP contribution >= 0.6 is 15.9 Å². The maximum absolute atomic E-state index is 3.92. The first-order valence-corrected chi connectivity index (χ1v) is 14.1. The molecule has 0 aliphatic rings. The highest BCUT2D eigenvalue weighted by Gasteiger charge is 2.18. The van der Waals surface area contributed by atoms with Gasteiger partial charge in [-0.2, -0.15) is 0 Å². The van der Waals surface area contributed by atoms with E-state index in [1.807, 2.05) is 0 Å². The minimum absolute atomic E-state index is 1.15. The van der Waals surface area contributed by atoms with Crippen LogP contribution in [0.25, 0.3) is 76.1 Å². The summed E-state index contributed by atoms with van der Waals surface area (Å²) < 4.78 is 1.15. The van der Waals surface area contributed by atoms with Crippen molar-refractivity contribution in [2.24, 2.45) is 0 Å². The van der Waals surface area contributed by atoms with Crippen LogP contribution in [0.1, 0.15) is 0 Å². The van der Waals surface area contributed by atoms with Crippen LogP contribution in [0.4, 0.5) is 0 Å². The zero-order valence-corrected chi connectivity index (χ0v) is 22.7. The normalized spacial score (nSPS) is 11.7. The Hall–Kier alpha value is -4.46. The van der Waals surface area contributed by atoms with E-state index in [9.17, 15) is 0 Å². The van der Waals surface area contributed by atoms with Gasteiger partial charge in [0, 0.05) is 4.47 Å². The van der Waals surface area contributed by atoms with Crippen LogP contribution in [0.5, 0.6) is 0 Å². The van der Waals surface area contributed by atoms with Crippen molar-refractivity contribution < 1.29 is 0 Å². The zero-order valence-electron chi connectivity index (χ0n) is 21.2. The van der Waals surface area contributed by atoms with Gasteiger partial charge in [-0.05, 0) is 98.1 Å². The van der Waals surface area contributed by atoms with Crippen molar-refractivity contribution in [1.82, 2.24) is 0 Å². The van der Waals surface area contributed by atoms with E-state index in [-0.39, 0.29) is 0 Å². The molecule has 182 valence electrons. The van der Waals surface area contributed by atoms with E-state index in [0.29, 0.717) is 0 Å². The van der Waals surface area contributed by atoms with Crippen molar-refractivity contribution in [2.45, 2.75) is 0 Å². The Morgan fingerprint density at radius 1 is 0.308 bits per heavy atom. The number of fused-ring (bicyclic) bond motifs is 6. The minimum Gasteiger partial charge on any atom is -0.0616 e. The molecular formula is C38H23Br. The molecular weight excluding hydrogens is 536 g/mol. The van der Waals surface area contributed by atoms with Gasteiger partial charge >= 0.3 is 0 Å². The predicted molar refractivity (Wildman–Crippen MR) is 173 cm³/mol. The van der Waals surface area contributed by atoms with Crippen molar-refractivity contribution in [3.63, 3.8) is 0 Å². The smallest absolute Gasteiger partial charge is 0.0332 e. The third-order valence-corrected chi connectivity index (χ3v) is 8.97. The van der Waals surface area contributed by atoms with Crippen LogP contribution in [0.3, 0.4) is 0 Å². The number of hydrogen-bond acceptors (Lipinski definition) is 0. The lowest BCUT2D eigenvalue weighted by atomic mass is 9.86. The molecule has 0 N–H and O–H groups in total. The summed E-state index contributed by atoms with van der Waals surface area (Å²) in [5.74, 6) is 0. The topological polar surface area (TPSA) is 0 Å². The number of hydrogen-bond donors (Lipinski definition) is 0.